The Morgan fingerprint density at radius 2 is 1.75 bits per heavy atom. The van der Waals surface area contributed by atoms with Gasteiger partial charge in [-0.1, -0.05) is 34.1 Å². The van der Waals surface area contributed by atoms with E-state index in [1.807, 2.05) is 6.92 Å². The number of rotatable bonds is 5. The molecule has 4 heteroatoms. The van der Waals surface area contributed by atoms with Gasteiger partial charge < -0.3 is 10.1 Å². The van der Waals surface area contributed by atoms with E-state index in [1.54, 1.807) is 0 Å². The first kappa shape index (κ1) is 17.3. The van der Waals surface area contributed by atoms with Crippen LogP contribution in [0.15, 0.2) is 0 Å². The number of ether oxygens (including phenoxy) is 1. The first-order chi connectivity index (χ1) is 7.43. The Hall–Kier alpha value is -1.06. The zero-order valence-corrected chi connectivity index (χ0v) is 11.1. The highest BCUT2D eigenvalue weighted by atomic mass is 16.5. The normalized spacial score (nSPS) is 9.12. The van der Waals surface area contributed by atoms with Gasteiger partial charge in [0.1, 0.15) is 6.54 Å². The van der Waals surface area contributed by atoms with Crippen molar-refractivity contribution in [3.8, 4) is 0 Å². The average Bonchev–Trinajstić information content (AvgIpc) is 2.22. The lowest BCUT2D eigenvalue weighted by Crippen LogP contribution is -2.29. The van der Waals surface area contributed by atoms with Gasteiger partial charge in [0.25, 0.3) is 0 Å². The second kappa shape index (κ2) is 12.0. The molecular weight excluding hydrogens is 206 g/mol. The van der Waals surface area contributed by atoms with Crippen molar-refractivity contribution in [3.05, 3.63) is 0 Å². The van der Waals surface area contributed by atoms with Gasteiger partial charge in [0.15, 0.2) is 0 Å². The topological polar surface area (TPSA) is 55.4 Å². The Labute approximate surface area is 98.7 Å². The van der Waals surface area contributed by atoms with Crippen LogP contribution in [0.3, 0.4) is 0 Å². The highest BCUT2D eigenvalue weighted by Crippen LogP contribution is 1.92. The molecule has 96 valence electrons. The molecule has 0 aliphatic heterocycles. The van der Waals surface area contributed by atoms with Gasteiger partial charge in [-0.25, -0.2) is 0 Å². The van der Waals surface area contributed by atoms with Crippen LogP contribution in [0.4, 0.5) is 0 Å². The molecule has 0 unspecified atom stereocenters. The lowest BCUT2D eigenvalue weighted by Gasteiger charge is -2.01. The maximum absolute atomic E-state index is 10.9. The minimum Gasteiger partial charge on any atom is -0.468 e. The minimum absolute atomic E-state index is 0.0287. The first-order valence-corrected chi connectivity index (χ1v) is 5.77. The van der Waals surface area contributed by atoms with Crippen LogP contribution in [0, 0.1) is 5.92 Å². The number of unbranched alkanes of at least 4 members (excludes halogenated alkanes) is 1. The fraction of sp³-hybridized carbons (Fsp3) is 0.833. The Bertz CT molecular complexity index is 188. The second-order valence-corrected chi connectivity index (χ2v) is 4.19. The lowest BCUT2D eigenvalue weighted by atomic mass is 10.2. The minimum atomic E-state index is -0.417. The molecule has 0 aromatic rings. The summed E-state index contributed by atoms with van der Waals surface area (Å²) in [6, 6.07) is 0. The van der Waals surface area contributed by atoms with Crippen molar-refractivity contribution in [1.82, 2.24) is 5.32 Å². The summed E-state index contributed by atoms with van der Waals surface area (Å²) >= 11 is 0. The molecule has 0 aromatic carbocycles. The van der Waals surface area contributed by atoms with Crippen LogP contribution in [0.25, 0.3) is 0 Å². The molecule has 1 amide bonds. The van der Waals surface area contributed by atoms with Gasteiger partial charge in [-0.05, 0) is 12.3 Å². The monoisotopic (exact) mass is 231 g/mol. The summed E-state index contributed by atoms with van der Waals surface area (Å²) in [5.41, 5.74) is 0. The van der Waals surface area contributed by atoms with E-state index in [4.69, 9.17) is 0 Å². The van der Waals surface area contributed by atoms with E-state index in [9.17, 15) is 9.59 Å². The van der Waals surface area contributed by atoms with Gasteiger partial charge in [-0.3, -0.25) is 9.59 Å². The van der Waals surface area contributed by atoms with Crippen molar-refractivity contribution in [2.75, 3.05) is 13.7 Å². The summed E-state index contributed by atoms with van der Waals surface area (Å²) < 4.78 is 4.35. The second-order valence-electron chi connectivity index (χ2n) is 4.19. The van der Waals surface area contributed by atoms with Crippen LogP contribution >= 0.6 is 0 Å². The molecule has 0 heterocycles. The van der Waals surface area contributed by atoms with Gasteiger partial charge in [0.2, 0.25) is 5.91 Å². The van der Waals surface area contributed by atoms with E-state index in [-0.39, 0.29) is 12.5 Å². The van der Waals surface area contributed by atoms with Crippen molar-refractivity contribution in [2.45, 2.75) is 47.0 Å². The SMILES string of the molecule is CC(C)C.CCCCC(=O)NCC(=O)OC. The third-order valence-electron chi connectivity index (χ3n) is 1.41. The molecule has 1 N–H and O–H groups in total. The predicted octanol–water partition coefficient (Wildman–Crippen LogP) is 2.13. The highest BCUT2D eigenvalue weighted by molar-refractivity contribution is 5.81. The van der Waals surface area contributed by atoms with Crippen molar-refractivity contribution in [1.29, 1.82) is 0 Å². The van der Waals surface area contributed by atoms with Crippen molar-refractivity contribution >= 4 is 11.9 Å². The van der Waals surface area contributed by atoms with Crippen molar-refractivity contribution < 1.29 is 14.3 Å². The molecular formula is C12H25NO3. The van der Waals surface area contributed by atoms with Crippen molar-refractivity contribution in [2.24, 2.45) is 5.92 Å². The Kier molecular flexibility index (Phi) is 13.0. The molecule has 4 nitrogen and oxygen atoms in total. The van der Waals surface area contributed by atoms with Gasteiger partial charge in [-0.2, -0.15) is 0 Å². The third-order valence-corrected chi connectivity index (χ3v) is 1.41. The standard InChI is InChI=1S/C8H15NO3.C4H10/c1-3-4-5-7(10)9-6-8(11)12-2;1-4(2)3/h3-6H2,1-2H3,(H,9,10);4H,1-3H3. The number of carbonyl (C=O) groups excluding carboxylic acids is 2. The number of carbonyl (C=O) groups is 2. The fourth-order valence-electron chi connectivity index (χ4n) is 0.669. The average molecular weight is 231 g/mol. The highest BCUT2D eigenvalue weighted by Gasteiger charge is 2.03. The molecule has 0 aliphatic carbocycles. The summed E-state index contributed by atoms with van der Waals surface area (Å²) in [6.07, 6.45) is 2.31. The number of methoxy groups -OCH3 is 1. The van der Waals surface area contributed by atoms with Crippen LogP contribution in [0.2, 0.25) is 0 Å². The first-order valence-electron chi connectivity index (χ1n) is 5.77. The molecule has 16 heavy (non-hydrogen) atoms. The van der Waals surface area contributed by atoms with Crippen LogP contribution in [0.5, 0.6) is 0 Å². The number of nitrogens with one attached hydrogen (secondary N) is 1. The molecule has 0 rings (SSSR count). The fourth-order valence-corrected chi connectivity index (χ4v) is 0.669. The van der Waals surface area contributed by atoms with Crippen LogP contribution < -0.4 is 5.32 Å². The number of hydrogen-bond donors (Lipinski definition) is 1. The zero-order valence-electron chi connectivity index (χ0n) is 11.1. The summed E-state index contributed by atoms with van der Waals surface area (Å²) in [6.45, 7) is 8.48. The Morgan fingerprint density at radius 1 is 1.25 bits per heavy atom. The molecule has 0 spiro atoms. The molecule has 0 aliphatic rings. The van der Waals surface area contributed by atoms with Gasteiger partial charge in [0, 0.05) is 6.42 Å². The summed E-state index contributed by atoms with van der Waals surface area (Å²) in [5.74, 6) is 0.321. The number of esters is 1. The molecule has 0 bridgehead atoms. The predicted molar refractivity (Wildman–Crippen MR) is 65.1 cm³/mol. The number of hydrogen-bond acceptors (Lipinski definition) is 3. The van der Waals surface area contributed by atoms with E-state index in [0.29, 0.717) is 6.42 Å². The Morgan fingerprint density at radius 3 is 2.12 bits per heavy atom. The number of amides is 1. The van der Waals surface area contributed by atoms with Crippen LogP contribution in [0.1, 0.15) is 47.0 Å². The van der Waals surface area contributed by atoms with Crippen LogP contribution in [-0.4, -0.2) is 25.5 Å². The van der Waals surface area contributed by atoms with E-state index in [0.717, 1.165) is 18.8 Å². The van der Waals surface area contributed by atoms with Gasteiger partial charge >= 0.3 is 5.97 Å². The van der Waals surface area contributed by atoms with E-state index >= 15 is 0 Å². The molecule has 0 radical (unpaired) electrons. The third kappa shape index (κ3) is 18.7. The molecule has 0 aromatic heterocycles. The summed E-state index contributed by atoms with van der Waals surface area (Å²) in [7, 11) is 1.29. The zero-order chi connectivity index (χ0) is 13.0. The van der Waals surface area contributed by atoms with E-state index in [2.05, 4.69) is 30.8 Å². The molecule has 0 saturated heterocycles. The summed E-state index contributed by atoms with van der Waals surface area (Å²) in [4.78, 5) is 21.5. The Balaban J connectivity index is 0. The van der Waals surface area contributed by atoms with E-state index in [1.165, 1.54) is 7.11 Å². The van der Waals surface area contributed by atoms with Gasteiger partial charge in [-0.15, -0.1) is 0 Å². The largest absolute Gasteiger partial charge is 0.468 e. The lowest BCUT2D eigenvalue weighted by molar-refractivity contribution is -0.141. The summed E-state index contributed by atoms with van der Waals surface area (Å²) in [5, 5.41) is 2.45. The maximum Gasteiger partial charge on any atom is 0.325 e. The quantitative estimate of drug-likeness (QED) is 0.737. The van der Waals surface area contributed by atoms with Crippen LogP contribution in [-0.2, 0) is 14.3 Å². The molecule has 0 atom stereocenters. The van der Waals surface area contributed by atoms with Crippen molar-refractivity contribution in [3.63, 3.8) is 0 Å². The smallest absolute Gasteiger partial charge is 0.325 e. The van der Waals surface area contributed by atoms with E-state index < -0.39 is 5.97 Å². The maximum atomic E-state index is 10.9. The van der Waals surface area contributed by atoms with Gasteiger partial charge in [0.05, 0.1) is 7.11 Å². The molecule has 0 saturated carbocycles. The molecule has 0 fully saturated rings.